The van der Waals surface area contributed by atoms with E-state index in [1.165, 1.54) is 11.8 Å². The number of rotatable bonds is 5. The molecule has 4 nitrogen and oxygen atoms in total. The Morgan fingerprint density at radius 1 is 1.00 bits per heavy atom. The molecule has 0 aliphatic carbocycles. The Kier molecular flexibility index (Phi) is 4.95. The number of fused-ring (bicyclic) bond motifs is 1. The number of nitrogens with zero attached hydrogens (tertiary/aromatic N) is 2. The van der Waals surface area contributed by atoms with Crippen molar-refractivity contribution in [2.75, 3.05) is 0 Å². The first-order chi connectivity index (χ1) is 12.8. The van der Waals surface area contributed by atoms with Crippen LogP contribution in [0.2, 0.25) is 0 Å². The second-order valence-corrected chi connectivity index (χ2v) is 7.71. The molecule has 0 aliphatic rings. The van der Waals surface area contributed by atoms with Crippen LogP contribution < -0.4 is 5.32 Å². The maximum absolute atomic E-state index is 12.7. The highest BCUT2D eigenvalue weighted by Gasteiger charge is 2.14. The molecule has 0 bridgehead atoms. The van der Waals surface area contributed by atoms with E-state index in [9.17, 15) is 4.79 Å². The fraction of sp³-hybridized carbons (Fsp3) is 0.0500. The molecular weight excluding hydrogens is 362 g/mol. The van der Waals surface area contributed by atoms with Crippen molar-refractivity contribution >= 4 is 39.2 Å². The predicted octanol–water partition coefficient (Wildman–Crippen LogP) is 4.77. The van der Waals surface area contributed by atoms with E-state index < -0.39 is 0 Å². The minimum absolute atomic E-state index is 0.143. The molecule has 4 aromatic rings. The van der Waals surface area contributed by atoms with Crippen LogP contribution in [0.3, 0.4) is 0 Å². The summed E-state index contributed by atoms with van der Waals surface area (Å²) in [6.07, 6.45) is 1.70. The summed E-state index contributed by atoms with van der Waals surface area (Å²) in [6, 6.07) is 21.5. The van der Waals surface area contributed by atoms with Crippen LogP contribution in [0.4, 0.5) is 0 Å². The number of para-hydroxylation sites is 1. The lowest BCUT2D eigenvalue weighted by molar-refractivity contribution is 0.0947. The molecule has 2 heterocycles. The van der Waals surface area contributed by atoms with Gasteiger partial charge in [0, 0.05) is 11.1 Å². The van der Waals surface area contributed by atoms with Gasteiger partial charge in [-0.15, -0.1) is 11.3 Å². The fourth-order valence-corrected chi connectivity index (χ4v) is 4.30. The Hall–Kier alpha value is -2.70. The van der Waals surface area contributed by atoms with E-state index in [-0.39, 0.29) is 5.91 Å². The first-order valence-electron chi connectivity index (χ1n) is 8.10. The monoisotopic (exact) mass is 377 g/mol. The summed E-state index contributed by atoms with van der Waals surface area (Å²) >= 11 is 3.08. The van der Waals surface area contributed by atoms with Crippen LogP contribution in [0.5, 0.6) is 0 Å². The summed E-state index contributed by atoms with van der Waals surface area (Å²) in [6.45, 7) is 0.405. The zero-order valence-electron chi connectivity index (χ0n) is 13.8. The summed E-state index contributed by atoms with van der Waals surface area (Å²) in [7, 11) is 0. The van der Waals surface area contributed by atoms with E-state index in [1.807, 2.05) is 54.6 Å². The van der Waals surface area contributed by atoms with E-state index in [0.29, 0.717) is 17.1 Å². The van der Waals surface area contributed by atoms with Gasteiger partial charge in [-0.2, -0.15) is 0 Å². The minimum Gasteiger partial charge on any atom is -0.345 e. The van der Waals surface area contributed by atoms with Gasteiger partial charge in [0.1, 0.15) is 10.0 Å². The number of aromatic nitrogens is 2. The number of amides is 1. The van der Waals surface area contributed by atoms with Gasteiger partial charge in [-0.25, -0.2) is 9.97 Å². The van der Waals surface area contributed by atoms with Crippen LogP contribution in [-0.2, 0) is 6.54 Å². The Labute approximate surface area is 159 Å². The van der Waals surface area contributed by atoms with Crippen molar-refractivity contribution < 1.29 is 4.79 Å². The molecule has 0 spiro atoms. The predicted molar refractivity (Wildman–Crippen MR) is 106 cm³/mol. The maximum Gasteiger partial charge on any atom is 0.254 e. The fourth-order valence-electron chi connectivity index (χ4n) is 2.49. The lowest BCUT2D eigenvalue weighted by atomic mass is 10.2. The standard InChI is InChI=1S/C20H15N3OS2/c24-19(22-13-18-23-16-10-4-5-11-17(16)26-18)15-9-6-12-21-20(15)25-14-7-2-1-3-8-14/h1-12H,13H2,(H,22,24). The van der Waals surface area contributed by atoms with Crippen molar-refractivity contribution in [3.8, 4) is 0 Å². The number of carbonyl (C=O) groups excluding carboxylic acids is 1. The number of hydrogen-bond acceptors (Lipinski definition) is 5. The van der Waals surface area contributed by atoms with Gasteiger partial charge in [-0.1, -0.05) is 42.1 Å². The van der Waals surface area contributed by atoms with Crippen molar-refractivity contribution in [2.45, 2.75) is 16.5 Å². The number of benzene rings is 2. The second kappa shape index (κ2) is 7.68. The van der Waals surface area contributed by atoms with Crippen molar-refractivity contribution in [3.63, 3.8) is 0 Å². The molecule has 0 unspecified atom stereocenters. The van der Waals surface area contributed by atoms with Crippen molar-refractivity contribution in [1.82, 2.24) is 15.3 Å². The zero-order chi connectivity index (χ0) is 17.8. The average molecular weight is 377 g/mol. The van der Waals surface area contributed by atoms with Gasteiger partial charge in [-0.3, -0.25) is 4.79 Å². The van der Waals surface area contributed by atoms with Gasteiger partial charge in [0.15, 0.2) is 0 Å². The third kappa shape index (κ3) is 3.76. The molecule has 0 radical (unpaired) electrons. The quantitative estimate of drug-likeness (QED) is 0.544. The molecule has 26 heavy (non-hydrogen) atoms. The number of thiazole rings is 1. The summed E-state index contributed by atoms with van der Waals surface area (Å²) in [5, 5.41) is 4.54. The Morgan fingerprint density at radius 3 is 2.65 bits per heavy atom. The third-order valence-electron chi connectivity index (χ3n) is 3.71. The third-order valence-corrected chi connectivity index (χ3v) is 5.77. The lowest BCUT2D eigenvalue weighted by Gasteiger charge is -2.08. The molecule has 6 heteroatoms. The van der Waals surface area contributed by atoms with E-state index in [1.54, 1.807) is 29.7 Å². The molecule has 1 amide bonds. The molecule has 0 saturated heterocycles. The van der Waals surface area contributed by atoms with Crippen molar-refractivity contribution in [3.05, 3.63) is 83.5 Å². The summed E-state index contributed by atoms with van der Waals surface area (Å²) < 4.78 is 1.12. The van der Waals surface area contributed by atoms with Crippen LogP contribution >= 0.6 is 23.1 Å². The van der Waals surface area contributed by atoms with Gasteiger partial charge in [0.05, 0.1) is 22.3 Å². The molecule has 0 aliphatic heterocycles. The summed E-state index contributed by atoms with van der Waals surface area (Å²) in [4.78, 5) is 22.6. The maximum atomic E-state index is 12.7. The topological polar surface area (TPSA) is 54.9 Å². The van der Waals surface area contributed by atoms with Crippen molar-refractivity contribution in [1.29, 1.82) is 0 Å². The molecule has 4 rings (SSSR count). The number of hydrogen-bond donors (Lipinski definition) is 1. The van der Waals surface area contributed by atoms with Gasteiger partial charge in [-0.05, 0) is 36.4 Å². The molecule has 2 aromatic carbocycles. The number of carbonyl (C=O) groups is 1. The Morgan fingerprint density at radius 2 is 1.81 bits per heavy atom. The van der Waals surface area contributed by atoms with Gasteiger partial charge in [0.25, 0.3) is 5.91 Å². The SMILES string of the molecule is O=C(NCc1nc2ccccc2s1)c1cccnc1Sc1ccccc1. The Bertz CT molecular complexity index is 1010. The van der Waals surface area contributed by atoms with Gasteiger partial charge < -0.3 is 5.32 Å². The lowest BCUT2D eigenvalue weighted by Crippen LogP contribution is -2.23. The van der Waals surface area contributed by atoms with E-state index in [0.717, 1.165) is 20.1 Å². The van der Waals surface area contributed by atoms with Gasteiger partial charge >= 0.3 is 0 Å². The first-order valence-corrected chi connectivity index (χ1v) is 9.73. The summed E-state index contributed by atoms with van der Waals surface area (Å²) in [5.41, 5.74) is 1.53. The highest BCUT2D eigenvalue weighted by molar-refractivity contribution is 7.99. The van der Waals surface area contributed by atoms with Crippen LogP contribution in [0, 0.1) is 0 Å². The van der Waals surface area contributed by atoms with E-state index in [2.05, 4.69) is 15.3 Å². The highest BCUT2D eigenvalue weighted by atomic mass is 32.2. The molecule has 0 atom stereocenters. The average Bonchev–Trinajstić information content (AvgIpc) is 3.10. The van der Waals surface area contributed by atoms with E-state index >= 15 is 0 Å². The van der Waals surface area contributed by atoms with Crippen LogP contribution in [0.1, 0.15) is 15.4 Å². The zero-order valence-corrected chi connectivity index (χ0v) is 15.4. The largest absolute Gasteiger partial charge is 0.345 e. The first kappa shape index (κ1) is 16.8. The molecule has 0 fully saturated rings. The number of nitrogens with one attached hydrogen (secondary N) is 1. The van der Waals surface area contributed by atoms with Crippen LogP contribution in [0.15, 0.2) is 82.8 Å². The van der Waals surface area contributed by atoms with Crippen LogP contribution in [0.25, 0.3) is 10.2 Å². The molecular formula is C20H15N3OS2. The molecule has 0 saturated carbocycles. The van der Waals surface area contributed by atoms with Crippen LogP contribution in [-0.4, -0.2) is 15.9 Å². The van der Waals surface area contributed by atoms with Crippen molar-refractivity contribution in [2.24, 2.45) is 0 Å². The normalized spacial score (nSPS) is 10.8. The molecule has 2 aromatic heterocycles. The minimum atomic E-state index is -0.143. The molecule has 128 valence electrons. The smallest absolute Gasteiger partial charge is 0.254 e. The number of pyridine rings is 1. The summed E-state index contributed by atoms with van der Waals surface area (Å²) in [5.74, 6) is -0.143. The van der Waals surface area contributed by atoms with E-state index in [4.69, 9.17) is 0 Å². The second-order valence-electron chi connectivity index (χ2n) is 5.53. The van der Waals surface area contributed by atoms with Gasteiger partial charge in [0.2, 0.25) is 0 Å². The highest BCUT2D eigenvalue weighted by Crippen LogP contribution is 2.28. The Balaban J connectivity index is 1.49. The molecule has 1 N–H and O–H groups in total.